The molecule has 0 bridgehead atoms. The molecule has 0 radical (unpaired) electrons. The van der Waals surface area contributed by atoms with Gasteiger partial charge in [0.1, 0.15) is 4.60 Å². The van der Waals surface area contributed by atoms with Crippen LogP contribution >= 0.6 is 15.9 Å². The smallest absolute Gasteiger partial charge is 0.309 e. The Balaban J connectivity index is 2.46. The molecule has 0 saturated heterocycles. The van der Waals surface area contributed by atoms with Crippen LogP contribution in [-0.2, 0) is 17.6 Å². The van der Waals surface area contributed by atoms with Crippen LogP contribution in [0.1, 0.15) is 24.7 Å². The first-order valence-corrected chi connectivity index (χ1v) is 6.16. The summed E-state index contributed by atoms with van der Waals surface area (Å²) < 4.78 is 2.26. The number of aryl methyl sites for hydroxylation is 1. The van der Waals surface area contributed by atoms with Gasteiger partial charge < -0.3 is 5.11 Å². The molecule has 0 aliphatic carbocycles. The molecule has 5 nitrogen and oxygen atoms in total. The van der Waals surface area contributed by atoms with Gasteiger partial charge in [0.15, 0.2) is 5.65 Å². The summed E-state index contributed by atoms with van der Waals surface area (Å²) in [7, 11) is 0. The van der Waals surface area contributed by atoms with Crippen molar-refractivity contribution in [1.29, 1.82) is 0 Å². The van der Waals surface area contributed by atoms with Crippen molar-refractivity contribution in [2.24, 2.45) is 0 Å². The number of carboxylic acid groups (broad SMARTS) is 1. The van der Waals surface area contributed by atoms with Crippen molar-refractivity contribution in [1.82, 2.24) is 14.6 Å². The number of nitrogens with zero attached hydrogens (tertiary/aromatic N) is 3. The number of carboxylic acids is 1. The van der Waals surface area contributed by atoms with E-state index >= 15 is 0 Å². The molecule has 2 aromatic rings. The average Bonchev–Trinajstić information content (AvgIpc) is 2.56. The lowest BCUT2D eigenvalue weighted by Crippen LogP contribution is -2.01. The number of hydrogen-bond donors (Lipinski definition) is 1. The molecule has 0 saturated carbocycles. The zero-order valence-corrected chi connectivity index (χ0v) is 10.9. The van der Waals surface area contributed by atoms with E-state index in [0.717, 1.165) is 18.5 Å². The minimum atomic E-state index is -0.900. The molecule has 2 aromatic heterocycles. The zero-order chi connectivity index (χ0) is 12.4. The minimum Gasteiger partial charge on any atom is -0.481 e. The van der Waals surface area contributed by atoms with Crippen LogP contribution < -0.4 is 0 Å². The third-order valence-electron chi connectivity index (χ3n) is 2.37. The van der Waals surface area contributed by atoms with E-state index in [-0.39, 0.29) is 6.42 Å². The minimum absolute atomic E-state index is 0.104. The predicted octanol–water partition coefficient (Wildman–Crippen LogP) is 2.07. The Morgan fingerprint density at radius 3 is 2.94 bits per heavy atom. The van der Waals surface area contributed by atoms with Crippen LogP contribution in [0.5, 0.6) is 0 Å². The first-order valence-electron chi connectivity index (χ1n) is 5.36. The van der Waals surface area contributed by atoms with Gasteiger partial charge in [-0.3, -0.25) is 4.79 Å². The van der Waals surface area contributed by atoms with Crippen LogP contribution in [-0.4, -0.2) is 25.7 Å². The van der Waals surface area contributed by atoms with E-state index < -0.39 is 5.97 Å². The van der Waals surface area contributed by atoms with Gasteiger partial charge in [-0.1, -0.05) is 13.3 Å². The van der Waals surface area contributed by atoms with Gasteiger partial charge in [-0.15, -0.1) is 0 Å². The first kappa shape index (κ1) is 12.0. The lowest BCUT2D eigenvalue weighted by Gasteiger charge is -1.99. The first-order chi connectivity index (χ1) is 8.11. The standard InChI is InChI=1S/C11H12BrN3O2/c1-2-3-7-4-5-9-13-8(6-10(16)17)11(12)15(9)14-7/h4-5H,2-3,6H2,1H3,(H,16,17). The van der Waals surface area contributed by atoms with Crippen LogP contribution in [0.4, 0.5) is 0 Å². The summed E-state index contributed by atoms with van der Waals surface area (Å²) in [4.78, 5) is 14.9. The highest BCUT2D eigenvalue weighted by Gasteiger charge is 2.13. The van der Waals surface area contributed by atoms with Gasteiger partial charge in [-0.2, -0.15) is 5.10 Å². The number of rotatable bonds is 4. The van der Waals surface area contributed by atoms with Crippen LogP contribution in [0.3, 0.4) is 0 Å². The Kier molecular flexibility index (Phi) is 3.42. The summed E-state index contributed by atoms with van der Waals surface area (Å²) in [6.45, 7) is 2.09. The number of aliphatic carboxylic acids is 1. The van der Waals surface area contributed by atoms with Crippen molar-refractivity contribution in [2.45, 2.75) is 26.2 Å². The van der Waals surface area contributed by atoms with Crippen molar-refractivity contribution in [3.63, 3.8) is 0 Å². The fourth-order valence-corrected chi connectivity index (χ4v) is 2.13. The van der Waals surface area contributed by atoms with Crippen LogP contribution in [0.15, 0.2) is 16.7 Å². The van der Waals surface area contributed by atoms with Crippen molar-refractivity contribution in [3.05, 3.63) is 28.1 Å². The number of hydrogen-bond acceptors (Lipinski definition) is 3. The summed E-state index contributed by atoms with van der Waals surface area (Å²) in [5, 5.41) is 13.2. The fraction of sp³-hybridized carbons (Fsp3) is 0.364. The van der Waals surface area contributed by atoms with Gasteiger partial charge in [-0.25, -0.2) is 9.50 Å². The normalized spacial score (nSPS) is 10.9. The topological polar surface area (TPSA) is 67.5 Å². The Morgan fingerprint density at radius 1 is 1.53 bits per heavy atom. The maximum atomic E-state index is 10.7. The quantitative estimate of drug-likeness (QED) is 0.938. The second-order valence-corrected chi connectivity index (χ2v) is 4.52. The van der Waals surface area contributed by atoms with Crippen LogP contribution in [0.2, 0.25) is 0 Å². The molecule has 0 aromatic carbocycles. The van der Waals surface area contributed by atoms with E-state index in [2.05, 4.69) is 32.9 Å². The Labute approximate surface area is 107 Å². The third kappa shape index (κ3) is 2.46. The number of carbonyl (C=O) groups is 1. The van der Waals surface area contributed by atoms with E-state index in [4.69, 9.17) is 5.11 Å². The average molecular weight is 298 g/mol. The molecule has 2 heterocycles. The van der Waals surface area contributed by atoms with Gasteiger partial charge in [0.2, 0.25) is 0 Å². The van der Waals surface area contributed by atoms with Gasteiger partial charge in [0.25, 0.3) is 0 Å². The Morgan fingerprint density at radius 2 is 2.29 bits per heavy atom. The molecule has 0 aliphatic heterocycles. The Hall–Kier alpha value is -1.43. The Bertz CT molecular complexity index is 565. The zero-order valence-electron chi connectivity index (χ0n) is 9.35. The van der Waals surface area contributed by atoms with Gasteiger partial charge in [0, 0.05) is 0 Å². The van der Waals surface area contributed by atoms with Crippen molar-refractivity contribution in [3.8, 4) is 0 Å². The van der Waals surface area contributed by atoms with Gasteiger partial charge >= 0.3 is 5.97 Å². The number of imidazole rings is 1. The molecule has 6 heteroatoms. The molecule has 2 rings (SSSR count). The number of fused-ring (bicyclic) bond motifs is 1. The lowest BCUT2D eigenvalue weighted by molar-refractivity contribution is -0.136. The van der Waals surface area contributed by atoms with E-state index in [1.165, 1.54) is 0 Å². The molecule has 90 valence electrons. The summed E-state index contributed by atoms with van der Waals surface area (Å²) >= 11 is 3.34. The van der Waals surface area contributed by atoms with Crippen molar-refractivity contribution in [2.75, 3.05) is 0 Å². The molecule has 0 unspecified atom stereocenters. The van der Waals surface area contributed by atoms with E-state index in [1.807, 2.05) is 12.1 Å². The van der Waals surface area contributed by atoms with Crippen LogP contribution in [0.25, 0.3) is 5.65 Å². The molecule has 17 heavy (non-hydrogen) atoms. The van der Waals surface area contributed by atoms with Gasteiger partial charge in [0.05, 0.1) is 17.8 Å². The highest BCUT2D eigenvalue weighted by atomic mass is 79.9. The van der Waals surface area contributed by atoms with E-state index in [1.54, 1.807) is 4.52 Å². The molecule has 0 amide bonds. The fourth-order valence-electron chi connectivity index (χ4n) is 1.64. The molecule has 0 spiro atoms. The van der Waals surface area contributed by atoms with E-state index in [0.29, 0.717) is 15.9 Å². The molecule has 1 N–H and O–H groups in total. The van der Waals surface area contributed by atoms with Crippen molar-refractivity contribution < 1.29 is 9.90 Å². The van der Waals surface area contributed by atoms with Gasteiger partial charge in [-0.05, 0) is 34.5 Å². The predicted molar refractivity (Wildman–Crippen MR) is 66.0 cm³/mol. The lowest BCUT2D eigenvalue weighted by atomic mass is 10.2. The van der Waals surface area contributed by atoms with E-state index in [9.17, 15) is 4.79 Å². The second kappa shape index (κ2) is 4.83. The summed E-state index contributed by atoms with van der Waals surface area (Å²) in [5.74, 6) is -0.900. The molecular weight excluding hydrogens is 286 g/mol. The SMILES string of the molecule is CCCc1ccc2nc(CC(=O)O)c(Br)n2n1. The van der Waals surface area contributed by atoms with Crippen molar-refractivity contribution >= 4 is 27.5 Å². The second-order valence-electron chi connectivity index (χ2n) is 3.76. The van der Waals surface area contributed by atoms with Crippen LogP contribution in [0, 0.1) is 0 Å². The molecule has 0 fully saturated rings. The summed E-state index contributed by atoms with van der Waals surface area (Å²) in [6, 6.07) is 3.77. The highest BCUT2D eigenvalue weighted by molar-refractivity contribution is 9.10. The number of halogens is 1. The number of aromatic nitrogens is 3. The maximum Gasteiger partial charge on any atom is 0.309 e. The molecule has 0 aliphatic rings. The highest BCUT2D eigenvalue weighted by Crippen LogP contribution is 2.19. The molecule has 0 atom stereocenters. The molecular formula is C11H12BrN3O2. The largest absolute Gasteiger partial charge is 0.481 e. The summed E-state index contributed by atoms with van der Waals surface area (Å²) in [6.07, 6.45) is 1.81. The third-order valence-corrected chi connectivity index (χ3v) is 3.16. The monoisotopic (exact) mass is 297 g/mol. The maximum absolute atomic E-state index is 10.7. The summed E-state index contributed by atoms with van der Waals surface area (Å²) in [5.41, 5.74) is 2.13.